The van der Waals surface area contributed by atoms with Gasteiger partial charge in [0.25, 0.3) is 0 Å². The van der Waals surface area contributed by atoms with E-state index in [1.807, 2.05) is 20.8 Å². The Hall–Kier alpha value is -0.520. The standard InChI is InChI=1S/C10H13NO4.Na/c1-10(2,3)8-7(9(13)14)11-5(12)4-6(11)15-8;/h6H,4H2,1-3H3,(H,13,14);/q;+1/p-1. The van der Waals surface area contributed by atoms with Crippen LogP contribution in [0.3, 0.4) is 0 Å². The second-order valence-corrected chi connectivity index (χ2v) is 4.76. The maximum absolute atomic E-state index is 11.2. The van der Waals surface area contributed by atoms with Crippen LogP contribution in [0.15, 0.2) is 11.5 Å². The van der Waals surface area contributed by atoms with E-state index < -0.39 is 17.6 Å². The molecule has 1 fully saturated rings. The Morgan fingerprint density at radius 3 is 2.44 bits per heavy atom. The number of nitrogens with zero attached hydrogens (tertiary/aromatic N) is 1. The third-order valence-corrected chi connectivity index (χ3v) is 2.49. The number of fused-ring (bicyclic) bond motifs is 1. The van der Waals surface area contributed by atoms with Gasteiger partial charge in [0.15, 0.2) is 6.23 Å². The quantitative estimate of drug-likeness (QED) is 0.349. The number of carbonyl (C=O) groups excluding carboxylic acids is 2. The van der Waals surface area contributed by atoms with Crippen molar-refractivity contribution < 1.29 is 49.0 Å². The van der Waals surface area contributed by atoms with Crippen LogP contribution in [0, 0.1) is 5.41 Å². The zero-order valence-corrected chi connectivity index (χ0v) is 11.9. The normalized spacial score (nSPS) is 23.3. The van der Waals surface area contributed by atoms with Crippen LogP contribution in [0.2, 0.25) is 0 Å². The molecule has 2 rings (SSSR count). The van der Waals surface area contributed by atoms with Gasteiger partial charge in [-0.05, 0) is 0 Å². The first-order valence-corrected chi connectivity index (χ1v) is 4.77. The van der Waals surface area contributed by atoms with E-state index in [2.05, 4.69) is 0 Å². The van der Waals surface area contributed by atoms with Crippen molar-refractivity contribution in [3.63, 3.8) is 0 Å². The Labute approximate surface area is 116 Å². The topological polar surface area (TPSA) is 69.7 Å². The van der Waals surface area contributed by atoms with Crippen molar-refractivity contribution in [2.75, 3.05) is 0 Å². The zero-order chi connectivity index (χ0) is 11.4. The molecule has 0 aromatic carbocycles. The summed E-state index contributed by atoms with van der Waals surface area (Å²) in [5.74, 6) is -1.24. The summed E-state index contributed by atoms with van der Waals surface area (Å²) in [6, 6.07) is 0. The maximum atomic E-state index is 11.2. The second-order valence-electron chi connectivity index (χ2n) is 4.76. The molecular formula is C10H12NNaO4. The Morgan fingerprint density at radius 1 is 1.50 bits per heavy atom. The molecule has 0 N–H and O–H groups in total. The molecule has 0 aromatic heterocycles. The van der Waals surface area contributed by atoms with Gasteiger partial charge in [-0.25, -0.2) is 0 Å². The number of carboxylic acids is 1. The molecule has 0 aliphatic carbocycles. The largest absolute Gasteiger partial charge is 1.00 e. The molecule has 0 radical (unpaired) electrons. The van der Waals surface area contributed by atoms with Crippen LogP contribution in [0.5, 0.6) is 0 Å². The minimum Gasteiger partial charge on any atom is -0.543 e. The number of ether oxygens (including phenoxy) is 1. The molecule has 1 unspecified atom stereocenters. The minimum atomic E-state index is -1.35. The van der Waals surface area contributed by atoms with Gasteiger partial charge in [-0.1, -0.05) is 20.8 Å². The van der Waals surface area contributed by atoms with Crippen LogP contribution in [0.4, 0.5) is 0 Å². The number of aliphatic carboxylic acids is 1. The fourth-order valence-corrected chi connectivity index (χ4v) is 1.77. The summed E-state index contributed by atoms with van der Waals surface area (Å²) in [5, 5.41) is 11.0. The first-order chi connectivity index (χ1) is 6.82. The average Bonchev–Trinajstić information content (AvgIpc) is 2.36. The van der Waals surface area contributed by atoms with Crippen LogP contribution in [-0.2, 0) is 14.3 Å². The van der Waals surface area contributed by atoms with Crippen molar-refractivity contribution in [1.82, 2.24) is 4.90 Å². The monoisotopic (exact) mass is 233 g/mol. The summed E-state index contributed by atoms with van der Waals surface area (Å²) >= 11 is 0. The third kappa shape index (κ3) is 1.87. The van der Waals surface area contributed by atoms with Crippen molar-refractivity contribution in [3.05, 3.63) is 11.5 Å². The number of carboxylic acid groups (broad SMARTS) is 1. The molecule has 0 bridgehead atoms. The van der Waals surface area contributed by atoms with Crippen molar-refractivity contribution in [3.8, 4) is 0 Å². The van der Waals surface area contributed by atoms with Crippen LogP contribution < -0.4 is 34.7 Å². The fraction of sp³-hybridized carbons (Fsp3) is 0.600. The van der Waals surface area contributed by atoms with Gasteiger partial charge in [0.1, 0.15) is 11.5 Å². The van der Waals surface area contributed by atoms with E-state index in [0.717, 1.165) is 4.90 Å². The predicted molar refractivity (Wildman–Crippen MR) is 47.8 cm³/mol. The molecule has 0 saturated carbocycles. The number of allylic oxidation sites excluding steroid dienone is 1. The van der Waals surface area contributed by atoms with E-state index in [4.69, 9.17) is 4.74 Å². The summed E-state index contributed by atoms with van der Waals surface area (Å²) in [7, 11) is 0. The molecule has 82 valence electrons. The van der Waals surface area contributed by atoms with Gasteiger partial charge < -0.3 is 14.6 Å². The number of β-lactam (4-membered cyclic amide) rings is 1. The predicted octanol–water partition coefficient (Wildman–Crippen LogP) is -3.41. The van der Waals surface area contributed by atoms with Crippen LogP contribution >= 0.6 is 0 Å². The van der Waals surface area contributed by atoms with Gasteiger partial charge in [0, 0.05) is 5.41 Å². The van der Waals surface area contributed by atoms with Crippen LogP contribution in [0.25, 0.3) is 0 Å². The van der Waals surface area contributed by atoms with E-state index in [-0.39, 0.29) is 47.6 Å². The molecule has 5 nitrogen and oxygen atoms in total. The zero-order valence-electron chi connectivity index (χ0n) is 9.86. The summed E-state index contributed by atoms with van der Waals surface area (Å²) in [6.45, 7) is 5.50. The smallest absolute Gasteiger partial charge is 0.543 e. The molecule has 1 saturated heterocycles. The second kappa shape index (κ2) is 4.05. The Morgan fingerprint density at radius 2 is 2.06 bits per heavy atom. The summed E-state index contributed by atoms with van der Waals surface area (Å²) < 4.78 is 5.43. The Kier molecular flexibility index (Phi) is 3.43. The fourth-order valence-electron chi connectivity index (χ4n) is 1.77. The maximum Gasteiger partial charge on any atom is 1.00 e. The first kappa shape index (κ1) is 13.5. The SMILES string of the molecule is CC(C)(C)C1=C(C(=O)[O-])N2C(=O)CC2O1.[Na+]. The van der Waals surface area contributed by atoms with Crippen molar-refractivity contribution in [2.45, 2.75) is 33.4 Å². The van der Waals surface area contributed by atoms with Gasteiger partial charge in [-0.15, -0.1) is 0 Å². The number of rotatable bonds is 1. The molecule has 2 aliphatic heterocycles. The number of hydrogen-bond acceptors (Lipinski definition) is 4. The van der Waals surface area contributed by atoms with E-state index >= 15 is 0 Å². The molecular weight excluding hydrogens is 221 g/mol. The number of carbonyl (C=O) groups is 2. The van der Waals surface area contributed by atoms with Crippen LogP contribution in [0.1, 0.15) is 27.2 Å². The molecule has 2 heterocycles. The molecule has 6 heteroatoms. The van der Waals surface area contributed by atoms with E-state index in [0.29, 0.717) is 5.76 Å². The number of hydrogen-bond donors (Lipinski definition) is 0. The van der Waals surface area contributed by atoms with E-state index in [1.54, 1.807) is 0 Å². The van der Waals surface area contributed by atoms with E-state index in [9.17, 15) is 14.7 Å². The third-order valence-electron chi connectivity index (χ3n) is 2.49. The van der Waals surface area contributed by atoms with Gasteiger partial charge >= 0.3 is 29.6 Å². The molecule has 0 aromatic rings. The number of amides is 1. The van der Waals surface area contributed by atoms with Gasteiger partial charge in [-0.2, -0.15) is 0 Å². The average molecular weight is 233 g/mol. The summed E-state index contributed by atoms with van der Waals surface area (Å²) in [6.07, 6.45) is -0.185. The van der Waals surface area contributed by atoms with Crippen LogP contribution in [-0.4, -0.2) is 23.0 Å². The molecule has 1 amide bonds. The van der Waals surface area contributed by atoms with Gasteiger partial charge in [0.2, 0.25) is 5.91 Å². The molecule has 1 atom stereocenters. The minimum absolute atomic E-state index is 0. The van der Waals surface area contributed by atoms with Crippen molar-refractivity contribution in [2.24, 2.45) is 5.41 Å². The van der Waals surface area contributed by atoms with Crippen molar-refractivity contribution in [1.29, 1.82) is 0 Å². The van der Waals surface area contributed by atoms with Crippen molar-refractivity contribution >= 4 is 11.9 Å². The van der Waals surface area contributed by atoms with Gasteiger partial charge in [0.05, 0.1) is 12.4 Å². The molecule has 0 spiro atoms. The summed E-state index contributed by atoms with van der Waals surface area (Å²) in [4.78, 5) is 23.3. The Bertz CT molecular complexity index is 383. The first-order valence-electron chi connectivity index (χ1n) is 4.77. The summed E-state index contributed by atoms with van der Waals surface area (Å²) in [5.41, 5.74) is -0.545. The van der Waals surface area contributed by atoms with Gasteiger partial charge in [-0.3, -0.25) is 9.69 Å². The molecule has 2 aliphatic rings. The van der Waals surface area contributed by atoms with E-state index in [1.165, 1.54) is 0 Å². The molecule has 16 heavy (non-hydrogen) atoms. The Balaban J connectivity index is 0.00000128.